The lowest BCUT2D eigenvalue weighted by Gasteiger charge is -2.25. The van der Waals surface area contributed by atoms with Crippen molar-refractivity contribution in [2.45, 2.75) is 12.5 Å². The molecule has 1 aliphatic rings. The lowest BCUT2D eigenvalue weighted by Crippen LogP contribution is -2.48. The van der Waals surface area contributed by atoms with Gasteiger partial charge in [-0.2, -0.15) is 0 Å². The maximum absolute atomic E-state index is 13.3. The Morgan fingerprint density at radius 2 is 1.48 bits per heavy atom. The molecule has 1 heterocycles. The summed E-state index contributed by atoms with van der Waals surface area (Å²) in [5, 5.41) is 13.7. The van der Waals surface area contributed by atoms with Gasteiger partial charge in [-0.05, 0) is 29.8 Å². The van der Waals surface area contributed by atoms with Gasteiger partial charge in [0.25, 0.3) is 17.5 Å². The number of nitro groups is 1. The van der Waals surface area contributed by atoms with Gasteiger partial charge in [-0.1, -0.05) is 53.5 Å². The first kappa shape index (κ1) is 22.4. The zero-order valence-electron chi connectivity index (χ0n) is 16.8. The number of amides is 3. The summed E-state index contributed by atoms with van der Waals surface area (Å²) in [6, 6.07) is 15.6. The van der Waals surface area contributed by atoms with Crippen molar-refractivity contribution in [3.05, 3.63) is 104 Å². The second kappa shape index (κ2) is 9.01. The van der Waals surface area contributed by atoms with Gasteiger partial charge < -0.3 is 5.32 Å². The smallest absolute Gasteiger partial charge is 0.269 e. The second-order valence-corrected chi connectivity index (χ2v) is 8.11. The minimum absolute atomic E-state index is 0.0621. The molecule has 1 N–H and O–H groups in total. The van der Waals surface area contributed by atoms with E-state index in [2.05, 4.69) is 5.32 Å². The van der Waals surface area contributed by atoms with Gasteiger partial charge in [0.2, 0.25) is 5.91 Å². The third kappa shape index (κ3) is 4.44. The monoisotopic (exact) mass is 483 g/mol. The van der Waals surface area contributed by atoms with Crippen molar-refractivity contribution in [2.24, 2.45) is 0 Å². The molecule has 1 unspecified atom stereocenters. The number of imide groups is 1. The number of nitrogens with one attached hydrogen (secondary N) is 1. The van der Waals surface area contributed by atoms with Crippen LogP contribution in [0.25, 0.3) is 0 Å². The van der Waals surface area contributed by atoms with E-state index in [0.29, 0.717) is 0 Å². The zero-order valence-corrected chi connectivity index (χ0v) is 18.3. The molecule has 0 aliphatic carbocycles. The van der Waals surface area contributed by atoms with Crippen molar-refractivity contribution in [1.29, 1.82) is 0 Å². The number of carbonyl (C=O) groups excluding carboxylic acids is 3. The van der Waals surface area contributed by atoms with Crippen molar-refractivity contribution < 1.29 is 19.3 Å². The molecule has 1 aliphatic heterocycles. The summed E-state index contributed by atoms with van der Waals surface area (Å²) in [4.78, 5) is 50.7. The number of halogens is 2. The highest BCUT2D eigenvalue weighted by molar-refractivity contribution is 6.43. The summed E-state index contributed by atoms with van der Waals surface area (Å²) >= 11 is 12.1. The molecule has 0 bridgehead atoms. The van der Waals surface area contributed by atoms with Crippen molar-refractivity contribution in [3.63, 3.8) is 0 Å². The van der Waals surface area contributed by atoms with Crippen molar-refractivity contribution >= 4 is 52.3 Å². The van der Waals surface area contributed by atoms with E-state index >= 15 is 0 Å². The van der Waals surface area contributed by atoms with Crippen molar-refractivity contribution in [3.8, 4) is 0 Å². The van der Waals surface area contributed by atoms with Crippen LogP contribution in [0.4, 0.5) is 11.4 Å². The van der Waals surface area contributed by atoms with E-state index in [-0.39, 0.29) is 39.0 Å². The minimum atomic E-state index is -1.19. The van der Waals surface area contributed by atoms with E-state index < -0.39 is 28.7 Å². The number of anilines is 1. The average molecular weight is 484 g/mol. The number of benzene rings is 3. The molecular weight excluding hydrogens is 469 g/mol. The SMILES string of the molecule is O=C(Nc1ccc([N+](=O)[O-])cc1)C(Cc1ccccc1)N1C(=O)c2cc(Cl)c(Cl)cc2C1=O. The van der Waals surface area contributed by atoms with Gasteiger partial charge >= 0.3 is 0 Å². The molecule has 0 fully saturated rings. The Balaban J connectivity index is 1.68. The number of nitrogens with zero attached hydrogens (tertiary/aromatic N) is 2. The van der Waals surface area contributed by atoms with Crippen LogP contribution in [-0.2, 0) is 11.2 Å². The van der Waals surface area contributed by atoms with E-state index in [1.807, 2.05) is 6.07 Å². The molecule has 0 aromatic heterocycles. The fourth-order valence-corrected chi connectivity index (χ4v) is 3.89. The van der Waals surface area contributed by atoms with Gasteiger partial charge in [-0.3, -0.25) is 29.4 Å². The lowest BCUT2D eigenvalue weighted by molar-refractivity contribution is -0.384. The van der Waals surface area contributed by atoms with Crippen molar-refractivity contribution in [1.82, 2.24) is 4.90 Å². The molecular formula is C23H15Cl2N3O5. The first-order valence-corrected chi connectivity index (χ1v) is 10.5. The Labute approximate surface area is 197 Å². The third-order valence-corrected chi connectivity index (χ3v) is 5.91. The standard InChI is InChI=1S/C23H15Cl2N3O5/c24-18-11-16-17(12-19(18)25)23(31)27(22(16)30)20(10-13-4-2-1-3-5-13)21(29)26-14-6-8-15(9-7-14)28(32)33/h1-9,11-12,20H,10H2,(H,26,29). The van der Waals surface area contributed by atoms with Gasteiger partial charge in [-0.15, -0.1) is 0 Å². The van der Waals surface area contributed by atoms with Gasteiger partial charge in [0.1, 0.15) is 6.04 Å². The predicted octanol–water partition coefficient (Wildman–Crippen LogP) is 4.75. The number of carbonyl (C=O) groups is 3. The molecule has 1 atom stereocenters. The summed E-state index contributed by atoms with van der Waals surface area (Å²) in [5.41, 5.74) is 1.01. The van der Waals surface area contributed by atoms with Crippen molar-refractivity contribution in [2.75, 3.05) is 5.32 Å². The van der Waals surface area contributed by atoms with Crippen LogP contribution in [-0.4, -0.2) is 33.6 Å². The minimum Gasteiger partial charge on any atom is -0.324 e. The van der Waals surface area contributed by atoms with E-state index in [0.717, 1.165) is 10.5 Å². The second-order valence-electron chi connectivity index (χ2n) is 7.29. The van der Waals surface area contributed by atoms with Gasteiger partial charge in [0.15, 0.2) is 0 Å². The summed E-state index contributed by atoms with van der Waals surface area (Å²) in [5.74, 6) is -1.94. The van der Waals surface area contributed by atoms with Crippen LogP contribution in [0.1, 0.15) is 26.3 Å². The maximum atomic E-state index is 13.3. The van der Waals surface area contributed by atoms with Crippen LogP contribution in [0, 0.1) is 10.1 Å². The molecule has 8 nitrogen and oxygen atoms in total. The molecule has 0 radical (unpaired) electrons. The topological polar surface area (TPSA) is 110 Å². The molecule has 10 heteroatoms. The molecule has 166 valence electrons. The molecule has 0 saturated carbocycles. The lowest BCUT2D eigenvalue weighted by atomic mass is 10.0. The number of non-ortho nitro benzene ring substituents is 1. The first-order valence-electron chi connectivity index (χ1n) is 9.72. The zero-order chi connectivity index (χ0) is 23.7. The predicted molar refractivity (Wildman–Crippen MR) is 123 cm³/mol. The average Bonchev–Trinajstić information content (AvgIpc) is 3.03. The first-order chi connectivity index (χ1) is 15.8. The number of nitro benzene ring substituents is 1. The fraction of sp³-hybridized carbons (Fsp3) is 0.0870. The number of hydrogen-bond acceptors (Lipinski definition) is 5. The van der Waals surface area contributed by atoms with Crippen LogP contribution >= 0.6 is 23.2 Å². The normalized spacial score (nSPS) is 13.6. The van der Waals surface area contributed by atoms with E-state index in [4.69, 9.17) is 23.2 Å². The Hall–Kier alpha value is -3.75. The van der Waals surface area contributed by atoms with Crippen LogP contribution in [0.2, 0.25) is 10.0 Å². The van der Waals surface area contributed by atoms with E-state index in [9.17, 15) is 24.5 Å². The highest BCUT2D eigenvalue weighted by Crippen LogP contribution is 2.33. The Bertz CT molecular complexity index is 1240. The highest BCUT2D eigenvalue weighted by Gasteiger charge is 2.43. The Morgan fingerprint density at radius 1 is 0.939 bits per heavy atom. The van der Waals surface area contributed by atoms with Gasteiger partial charge in [0.05, 0.1) is 26.1 Å². The molecule has 0 saturated heterocycles. The summed E-state index contributed by atoms with van der Waals surface area (Å²) < 4.78 is 0. The number of hydrogen-bond donors (Lipinski definition) is 1. The number of rotatable bonds is 6. The van der Waals surface area contributed by atoms with Crippen LogP contribution < -0.4 is 5.32 Å². The van der Waals surface area contributed by atoms with E-state index in [1.54, 1.807) is 24.3 Å². The van der Waals surface area contributed by atoms with Crippen LogP contribution in [0.3, 0.4) is 0 Å². The van der Waals surface area contributed by atoms with E-state index in [1.165, 1.54) is 36.4 Å². The summed E-state index contributed by atoms with van der Waals surface area (Å²) in [6.07, 6.45) is 0.0621. The Kier molecular flexibility index (Phi) is 6.13. The maximum Gasteiger partial charge on any atom is 0.269 e. The third-order valence-electron chi connectivity index (χ3n) is 5.19. The molecule has 3 aromatic carbocycles. The van der Waals surface area contributed by atoms with Crippen LogP contribution in [0.15, 0.2) is 66.7 Å². The number of fused-ring (bicyclic) bond motifs is 1. The van der Waals surface area contributed by atoms with Gasteiger partial charge in [0, 0.05) is 24.2 Å². The fourth-order valence-electron chi connectivity index (χ4n) is 3.57. The van der Waals surface area contributed by atoms with Gasteiger partial charge in [-0.25, -0.2) is 0 Å². The molecule has 4 rings (SSSR count). The Morgan fingerprint density at radius 3 is 2.00 bits per heavy atom. The molecule has 33 heavy (non-hydrogen) atoms. The highest BCUT2D eigenvalue weighted by atomic mass is 35.5. The quantitative estimate of drug-likeness (QED) is 0.309. The molecule has 3 aromatic rings. The van der Waals surface area contributed by atoms with Crippen LogP contribution in [0.5, 0.6) is 0 Å². The largest absolute Gasteiger partial charge is 0.324 e. The summed E-state index contributed by atoms with van der Waals surface area (Å²) in [7, 11) is 0. The molecule has 3 amide bonds. The summed E-state index contributed by atoms with van der Waals surface area (Å²) in [6.45, 7) is 0. The molecule has 0 spiro atoms.